The van der Waals surface area contributed by atoms with Crippen LogP contribution in [0, 0.1) is 12.7 Å². The number of anilines is 2. The predicted octanol–water partition coefficient (Wildman–Crippen LogP) is 4.63. The minimum absolute atomic E-state index is 0.0340. The van der Waals surface area contributed by atoms with Crippen molar-refractivity contribution in [1.29, 1.82) is 0 Å². The average Bonchev–Trinajstić information content (AvgIpc) is 3.18. The minimum Gasteiger partial charge on any atom is -0.490 e. The van der Waals surface area contributed by atoms with E-state index in [-0.39, 0.29) is 10.8 Å². The Kier molecular flexibility index (Phi) is 4.98. The molecule has 2 aromatic carbocycles. The van der Waals surface area contributed by atoms with Gasteiger partial charge < -0.3 is 19.6 Å². The van der Waals surface area contributed by atoms with Crippen molar-refractivity contribution in [3.8, 4) is 5.75 Å². The third-order valence-corrected chi connectivity index (χ3v) is 5.06. The Morgan fingerprint density at radius 2 is 2.10 bits per heavy atom. The van der Waals surface area contributed by atoms with Gasteiger partial charge in [-0.2, -0.15) is 4.98 Å². The fourth-order valence-corrected chi connectivity index (χ4v) is 3.41. The maximum atomic E-state index is 13.5. The molecule has 0 unspecified atom stereocenters. The van der Waals surface area contributed by atoms with Crippen LogP contribution in [0.25, 0.3) is 10.9 Å². The van der Waals surface area contributed by atoms with Crippen molar-refractivity contribution in [2.75, 3.05) is 12.4 Å². The summed E-state index contributed by atoms with van der Waals surface area (Å²) in [6.45, 7) is 2.31. The summed E-state index contributed by atoms with van der Waals surface area (Å²) in [5.41, 5.74) is 3.13. The fraction of sp³-hybridized carbons (Fsp3) is 0.143. The lowest BCUT2D eigenvalue weighted by molar-refractivity contribution is 0.402. The third kappa shape index (κ3) is 3.69. The molecule has 0 spiro atoms. The zero-order valence-corrected chi connectivity index (χ0v) is 16.5. The number of aryl methyl sites for hydroxylation is 1. The number of H-pyrrole nitrogens is 1. The molecule has 148 valence electrons. The van der Waals surface area contributed by atoms with Crippen LogP contribution in [0.1, 0.15) is 11.1 Å². The first-order valence-corrected chi connectivity index (χ1v) is 9.27. The second-order valence-corrected chi connectivity index (χ2v) is 7.02. The number of nitrogens with one attached hydrogen (secondary N) is 2. The lowest BCUT2D eigenvalue weighted by Crippen LogP contribution is -2.19. The predicted molar refractivity (Wildman–Crippen MR) is 112 cm³/mol. The number of ether oxygens (including phenoxy) is 1. The summed E-state index contributed by atoms with van der Waals surface area (Å²) in [6.07, 6.45) is 3.44. The molecule has 0 aliphatic rings. The molecular weight excluding hydrogens is 395 g/mol. The van der Waals surface area contributed by atoms with Gasteiger partial charge in [0.1, 0.15) is 5.82 Å². The van der Waals surface area contributed by atoms with E-state index in [9.17, 15) is 9.18 Å². The first-order chi connectivity index (χ1) is 14.0. The third-order valence-electron chi connectivity index (χ3n) is 4.77. The van der Waals surface area contributed by atoms with E-state index in [1.165, 1.54) is 13.2 Å². The number of rotatable bonds is 5. The Morgan fingerprint density at radius 3 is 2.86 bits per heavy atom. The normalized spacial score (nSPS) is 11.0. The molecule has 0 saturated carbocycles. The van der Waals surface area contributed by atoms with E-state index in [0.29, 0.717) is 12.5 Å². The number of aromatic nitrogens is 3. The van der Waals surface area contributed by atoms with E-state index in [2.05, 4.69) is 15.3 Å². The van der Waals surface area contributed by atoms with Gasteiger partial charge in [-0.3, -0.25) is 4.79 Å². The second kappa shape index (κ2) is 7.60. The molecule has 2 N–H and O–H groups in total. The standard InChI is InChI=1S/C21H18ClFN4O2/c1-12-14-7-8-24-18(14)6-5-17(12)25-21-26-20(28)19(29-2)11-27(21)10-13-3-4-16(23)15(22)9-13/h3-9,11,24H,10H2,1-2H3,(H,25,26,28). The molecule has 0 aliphatic carbocycles. The number of aromatic amines is 1. The van der Waals surface area contributed by atoms with Gasteiger partial charge in [-0.15, -0.1) is 0 Å². The summed E-state index contributed by atoms with van der Waals surface area (Å²) < 4.78 is 20.3. The van der Waals surface area contributed by atoms with Crippen LogP contribution < -0.4 is 15.6 Å². The van der Waals surface area contributed by atoms with Crippen molar-refractivity contribution in [1.82, 2.24) is 14.5 Å². The Bertz CT molecular complexity index is 1270. The molecule has 4 aromatic rings. The van der Waals surface area contributed by atoms with Crippen LogP contribution in [-0.2, 0) is 6.54 Å². The molecule has 4 rings (SSSR count). The highest BCUT2D eigenvalue weighted by atomic mass is 35.5. The van der Waals surface area contributed by atoms with Gasteiger partial charge in [-0.05, 0) is 48.4 Å². The second-order valence-electron chi connectivity index (χ2n) is 6.62. The van der Waals surface area contributed by atoms with Crippen molar-refractivity contribution in [3.05, 3.63) is 81.1 Å². The van der Waals surface area contributed by atoms with Crippen molar-refractivity contribution < 1.29 is 9.13 Å². The number of hydrogen-bond donors (Lipinski definition) is 2. The van der Waals surface area contributed by atoms with Crippen LogP contribution in [0.4, 0.5) is 16.0 Å². The Balaban J connectivity index is 1.76. The highest BCUT2D eigenvalue weighted by Gasteiger charge is 2.13. The van der Waals surface area contributed by atoms with Crippen molar-refractivity contribution in [3.63, 3.8) is 0 Å². The maximum absolute atomic E-state index is 13.5. The molecule has 6 nitrogen and oxygen atoms in total. The monoisotopic (exact) mass is 412 g/mol. The molecule has 0 fully saturated rings. The van der Waals surface area contributed by atoms with Gasteiger partial charge in [0.05, 0.1) is 24.9 Å². The topological polar surface area (TPSA) is 71.9 Å². The lowest BCUT2D eigenvalue weighted by atomic mass is 10.1. The van der Waals surface area contributed by atoms with Crippen LogP contribution in [0.2, 0.25) is 5.02 Å². The fourth-order valence-electron chi connectivity index (χ4n) is 3.21. The summed E-state index contributed by atoms with van der Waals surface area (Å²) in [6, 6.07) is 10.3. The first kappa shape index (κ1) is 19.0. The summed E-state index contributed by atoms with van der Waals surface area (Å²) in [5, 5.41) is 4.34. The molecule has 2 heterocycles. The van der Waals surface area contributed by atoms with Crippen LogP contribution in [0.15, 0.2) is 53.6 Å². The number of halogens is 2. The molecule has 0 atom stereocenters. The molecule has 8 heteroatoms. The molecule has 0 saturated heterocycles. The Hall–Kier alpha value is -3.32. The van der Waals surface area contributed by atoms with Gasteiger partial charge in [-0.25, -0.2) is 4.39 Å². The van der Waals surface area contributed by atoms with E-state index in [4.69, 9.17) is 16.3 Å². The molecule has 0 aliphatic heterocycles. The quantitative estimate of drug-likeness (QED) is 0.501. The summed E-state index contributed by atoms with van der Waals surface area (Å²) >= 11 is 5.91. The van der Waals surface area contributed by atoms with E-state index >= 15 is 0 Å². The number of fused-ring (bicyclic) bond motifs is 1. The van der Waals surface area contributed by atoms with E-state index in [1.54, 1.807) is 22.9 Å². The number of hydrogen-bond acceptors (Lipinski definition) is 4. The molecule has 2 aromatic heterocycles. The van der Waals surface area contributed by atoms with Gasteiger partial charge in [0, 0.05) is 22.8 Å². The minimum atomic E-state index is -0.486. The van der Waals surface area contributed by atoms with Gasteiger partial charge in [0.2, 0.25) is 11.7 Å². The summed E-state index contributed by atoms with van der Waals surface area (Å²) in [7, 11) is 1.41. The number of benzene rings is 2. The Morgan fingerprint density at radius 1 is 1.28 bits per heavy atom. The van der Waals surface area contributed by atoms with E-state index in [0.717, 1.165) is 27.7 Å². The highest BCUT2D eigenvalue weighted by molar-refractivity contribution is 6.30. The van der Waals surface area contributed by atoms with E-state index < -0.39 is 11.4 Å². The molecule has 0 amide bonds. The van der Waals surface area contributed by atoms with Crippen molar-refractivity contribution in [2.24, 2.45) is 0 Å². The summed E-state index contributed by atoms with van der Waals surface area (Å²) in [5.74, 6) is -0.0318. The van der Waals surface area contributed by atoms with Crippen LogP contribution in [0.3, 0.4) is 0 Å². The molecule has 29 heavy (non-hydrogen) atoms. The largest absolute Gasteiger partial charge is 0.490 e. The Labute approximate surface area is 170 Å². The smallest absolute Gasteiger partial charge is 0.316 e. The number of methoxy groups -OCH3 is 1. The van der Waals surface area contributed by atoms with Crippen molar-refractivity contribution >= 4 is 34.1 Å². The van der Waals surface area contributed by atoms with Gasteiger partial charge in [-0.1, -0.05) is 17.7 Å². The average molecular weight is 413 g/mol. The first-order valence-electron chi connectivity index (χ1n) is 8.89. The van der Waals surface area contributed by atoms with Gasteiger partial charge in [0.25, 0.3) is 0 Å². The van der Waals surface area contributed by atoms with E-state index in [1.807, 2.05) is 31.3 Å². The highest BCUT2D eigenvalue weighted by Crippen LogP contribution is 2.27. The molecular formula is C21H18ClFN4O2. The SMILES string of the molecule is COc1cn(Cc2ccc(F)c(Cl)c2)c(Nc2ccc3[nH]ccc3c2C)nc1=O. The van der Waals surface area contributed by atoms with Crippen LogP contribution in [-0.4, -0.2) is 21.6 Å². The zero-order chi connectivity index (χ0) is 20.5. The van der Waals surface area contributed by atoms with Gasteiger partial charge >= 0.3 is 5.56 Å². The number of nitrogens with zero attached hydrogens (tertiary/aromatic N) is 2. The maximum Gasteiger partial charge on any atom is 0.316 e. The zero-order valence-electron chi connectivity index (χ0n) is 15.8. The van der Waals surface area contributed by atoms with Gasteiger partial charge in [0.15, 0.2) is 0 Å². The van der Waals surface area contributed by atoms with Crippen molar-refractivity contribution in [2.45, 2.75) is 13.5 Å². The molecule has 0 bridgehead atoms. The van der Waals surface area contributed by atoms with Crippen LogP contribution in [0.5, 0.6) is 5.75 Å². The van der Waals surface area contributed by atoms with Crippen LogP contribution >= 0.6 is 11.6 Å². The molecule has 0 radical (unpaired) electrons. The lowest BCUT2D eigenvalue weighted by Gasteiger charge is -2.17. The summed E-state index contributed by atoms with van der Waals surface area (Å²) in [4.78, 5) is 19.6.